The number of nitrogens with zero attached hydrogens (tertiary/aromatic N) is 3. The molecule has 2 bridgehead atoms. The molecule has 6 nitrogen and oxygen atoms in total. The van der Waals surface area contributed by atoms with Gasteiger partial charge in [0.05, 0.1) is 9.95 Å². The summed E-state index contributed by atoms with van der Waals surface area (Å²) in [7, 11) is 0. The van der Waals surface area contributed by atoms with Crippen LogP contribution >= 0.6 is 11.6 Å². The topological polar surface area (TPSA) is 71.3 Å². The average Bonchev–Trinajstić information content (AvgIpc) is 2.69. The van der Waals surface area contributed by atoms with Crippen molar-refractivity contribution in [2.24, 2.45) is 0 Å². The Labute approximate surface area is 115 Å². The molecule has 1 N–H and O–H groups in total. The fraction of sp³-hybridized carbons (Fsp3) is 0.583. The normalized spacial score (nSPS) is 26.3. The summed E-state index contributed by atoms with van der Waals surface area (Å²) in [6, 6.07) is 2.33. The van der Waals surface area contributed by atoms with Crippen LogP contribution in [-0.2, 0) is 0 Å². The number of halogens is 1. The predicted molar refractivity (Wildman–Crippen MR) is 72.7 cm³/mol. The van der Waals surface area contributed by atoms with E-state index in [0.29, 0.717) is 22.9 Å². The molecule has 3 rings (SSSR count). The Hall–Kier alpha value is -1.40. The molecule has 2 fully saturated rings. The van der Waals surface area contributed by atoms with Crippen molar-refractivity contribution in [3.05, 3.63) is 27.4 Å². The van der Waals surface area contributed by atoms with E-state index in [-0.39, 0.29) is 5.69 Å². The van der Waals surface area contributed by atoms with Gasteiger partial charge in [0.1, 0.15) is 0 Å². The van der Waals surface area contributed by atoms with Crippen molar-refractivity contribution in [3.63, 3.8) is 0 Å². The maximum atomic E-state index is 11.1. The minimum Gasteiger partial charge on any atom is -0.349 e. The second-order valence-corrected chi connectivity index (χ2v) is 5.56. The molecule has 19 heavy (non-hydrogen) atoms. The second-order valence-electron chi connectivity index (χ2n) is 5.13. The minimum atomic E-state index is -0.412. The van der Waals surface area contributed by atoms with E-state index in [9.17, 15) is 10.1 Å². The van der Waals surface area contributed by atoms with Gasteiger partial charge in [-0.05, 0) is 19.3 Å². The van der Waals surface area contributed by atoms with E-state index in [1.807, 2.05) is 4.90 Å². The van der Waals surface area contributed by atoms with Crippen LogP contribution in [0.15, 0.2) is 12.3 Å². The molecule has 102 valence electrons. The number of nitrogens with one attached hydrogen (secondary N) is 1. The van der Waals surface area contributed by atoms with Crippen LogP contribution in [0, 0.1) is 10.1 Å². The maximum Gasteiger partial charge on any atom is 0.313 e. The molecule has 2 saturated heterocycles. The first-order valence-corrected chi connectivity index (χ1v) is 6.82. The molecule has 2 aliphatic rings. The smallest absolute Gasteiger partial charge is 0.313 e. The summed E-state index contributed by atoms with van der Waals surface area (Å²) in [4.78, 5) is 16.9. The molecule has 1 aromatic heterocycles. The molecule has 2 atom stereocenters. The number of hydrogen-bond donors (Lipinski definition) is 1. The van der Waals surface area contributed by atoms with Gasteiger partial charge in [0, 0.05) is 37.4 Å². The van der Waals surface area contributed by atoms with Crippen molar-refractivity contribution in [3.8, 4) is 0 Å². The standard InChI is InChI=1S/C12H15ClN4O2/c13-8-5-11(17(18)19)12(14-6-8)16-4-3-9-1-2-10(7-16)15-9/h5-6,9-10,15H,1-4,7H2. The molecular weight excluding hydrogens is 268 g/mol. The van der Waals surface area contributed by atoms with Crippen molar-refractivity contribution in [1.29, 1.82) is 0 Å². The first-order valence-electron chi connectivity index (χ1n) is 6.44. The van der Waals surface area contributed by atoms with Crippen LogP contribution in [0.1, 0.15) is 19.3 Å². The second kappa shape index (κ2) is 4.94. The highest BCUT2D eigenvalue weighted by Crippen LogP contribution is 2.31. The van der Waals surface area contributed by atoms with Crippen LogP contribution in [0.2, 0.25) is 5.02 Å². The van der Waals surface area contributed by atoms with Crippen LogP contribution in [0.4, 0.5) is 11.5 Å². The minimum absolute atomic E-state index is 0.00901. The highest BCUT2D eigenvalue weighted by Gasteiger charge is 2.32. The lowest BCUT2D eigenvalue weighted by atomic mass is 10.1. The number of pyridine rings is 1. The lowest BCUT2D eigenvalue weighted by molar-refractivity contribution is -0.384. The molecule has 2 aliphatic heterocycles. The predicted octanol–water partition coefficient (Wildman–Crippen LogP) is 1.97. The van der Waals surface area contributed by atoms with Gasteiger partial charge in [-0.1, -0.05) is 11.6 Å². The van der Waals surface area contributed by atoms with Crippen molar-refractivity contribution in [1.82, 2.24) is 10.3 Å². The summed E-state index contributed by atoms with van der Waals surface area (Å²) in [5.74, 6) is 0.434. The van der Waals surface area contributed by atoms with Gasteiger partial charge in [-0.3, -0.25) is 10.1 Å². The van der Waals surface area contributed by atoms with Gasteiger partial charge in [-0.2, -0.15) is 0 Å². The monoisotopic (exact) mass is 282 g/mol. The largest absolute Gasteiger partial charge is 0.349 e. The Balaban J connectivity index is 1.91. The van der Waals surface area contributed by atoms with E-state index in [4.69, 9.17) is 11.6 Å². The van der Waals surface area contributed by atoms with Crippen LogP contribution in [0.3, 0.4) is 0 Å². The van der Waals surface area contributed by atoms with E-state index in [2.05, 4.69) is 10.3 Å². The third-order valence-electron chi connectivity index (χ3n) is 3.83. The Bertz CT molecular complexity index is 511. The molecule has 0 aromatic carbocycles. The molecule has 0 radical (unpaired) electrons. The summed E-state index contributed by atoms with van der Waals surface area (Å²) in [6.07, 6.45) is 4.80. The quantitative estimate of drug-likeness (QED) is 0.663. The molecule has 1 aromatic rings. The first kappa shape index (κ1) is 12.6. The zero-order valence-electron chi connectivity index (χ0n) is 10.4. The molecule has 7 heteroatoms. The van der Waals surface area contributed by atoms with Crippen molar-refractivity contribution >= 4 is 23.1 Å². The number of hydrogen-bond acceptors (Lipinski definition) is 5. The summed E-state index contributed by atoms with van der Waals surface area (Å²) in [5.41, 5.74) is -0.00901. The van der Waals surface area contributed by atoms with Crippen LogP contribution < -0.4 is 10.2 Å². The molecule has 3 heterocycles. The van der Waals surface area contributed by atoms with Crippen LogP contribution in [-0.4, -0.2) is 35.1 Å². The SMILES string of the molecule is O=[N+]([O-])c1cc(Cl)cnc1N1CCC2CCC(C1)N2. The van der Waals surface area contributed by atoms with Crippen molar-refractivity contribution in [2.75, 3.05) is 18.0 Å². The third-order valence-corrected chi connectivity index (χ3v) is 4.04. The van der Waals surface area contributed by atoms with Crippen molar-refractivity contribution in [2.45, 2.75) is 31.3 Å². The lowest BCUT2D eigenvalue weighted by Crippen LogP contribution is -2.36. The van der Waals surface area contributed by atoms with Gasteiger partial charge in [0.15, 0.2) is 0 Å². The molecule has 0 saturated carbocycles. The van der Waals surface area contributed by atoms with Gasteiger partial charge in [-0.25, -0.2) is 4.98 Å². The highest BCUT2D eigenvalue weighted by atomic mass is 35.5. The average molecular weight is 283 g/mol. The Morgan fingerprint density at radius 1 is 1.42 bits per heavy atom. The number of rotatable bonds is 2. The summed E-state index contributed by atoms with van der Waals surface area (Å²) < 4.78 is 0. The van der Waals surface area contributed by atoms with E-state index >= 15 is 0 Å². The van der Waals surface area contributed by atoms with Gasteiger partial charge >= 0.3 is 5.69 Å². The van der Waals surface area contributed by atoms with Gasteiger partial charge < -0.3 is 10.2 Å². The maximum absolute atomic E-state index is 11.1. The lowest BCUT2D eigenvalue weighted by Gasteiger charge is -2.24. The number of nitro groups is 1. The van der Waals surface area contributed by atoms with E-state index < -0.39 is 4.92 Å². The molecule has 2 unspecified atom stereocenters. The zero-order chi connectivity index (χ0) is 13.4. The first-order chi connectivity index (χ1) is 9.13. The fourth-order valence-corrected chi connectivity index (χ4v) is 3.09. The number of aromatic nitrogens is 1. The van der Waals surface area contributed by atoms with Crippen LogP contribution in [0.5, 0.6) is 0 Å². The van der Waals surface area contributed by atoms with Gasteiger partial charge in [0.25, 0.3) is 0 Å². The van der Waals surface area contributed by atoms with Gasteiger partial charge in [-0.15, -0.1) is 0 Å². The fourth-order valence-electron chi connectivity index (χ4n) is 2.93. The Morgan fingerprint density at radius 2 is 2.21 bits per heavy atom. The summed E-state index contributed by atoms with van der Waals surface area (Å²) in [5, 5.41) is 15.0. The zero-order valence-corrected chi connectivity index (χ0v) is 11.1. The van der Waals surface area contributed by atoms with E-state index in [0.717, 1.165) is 25.9 Å². The molecule has 0 spiro atoms. The third kappa shape index (κ3) is 2.50. The van der Waals surface area contributed by atoms with Crippen LogP contribution in [0.25, 0.3) is 0 Å². The molecular formula is C12H15ClN4O2. The number of anilines is 1. The van der Waals surface area contributed by atoms with Crippen molar-refractivity contribution < 1.29 is 4.92 Å². The van der Waals surface area contributed by atoms with E-state index in [1.165, 1.54) is 18.7 Å². The molecule has 0 aliphatic carbocycles. The summed E-state index contributed by atoms with van der Waals surface area (Å²) >= 11 is 5.80. The molecule has 0 amide bonds. The van der Waals surface area contributed by atoms with Gasteiger partial charge in [0.2, 0.25) is 5.82 Å². The number of fused-ring (bicyclic) bond motifs is 2. The van der Waals surface area contributed by atoms with E-state index in [1.54, 1.807) is 0 Å². The Kier molecular flexibility index (Phi) is 3.28. The Morgan fingerprint density at radius 3 is 3.00 bits per heavy atom. The highest BCUT2D eigenvalue weighted by molar-refractivity contribution is 6.30. The summed E-state index contributed by atoms with van der Waals surface area (Å²) in [6.45, 7) is 1.57.